The minimum absolute atomic E-state index is 0.0295. The summed E-state index contributed by atoms with van der Waals surface area (Å²) >= 11 is 13.5. The highest BCUT2D eigenvalue weighted by atomic mass is 79.9. The SMILES string of the molecule is Cc1nc(N2CC(CS)CC2=O)nc(Cl)c1Br. The Kier molecular flexibility index (Phi) is 3.95. The Hall–Kier alpha value is -0.330. The smallest absolute Gasteiger partial charge is 0.233 e. The predicted molar refractivity (Wildman–Crippen MR) is 73.8 cm³/mol. The Balaban J connectivity index is 2.32. The highest BCUT2D eigenvalue weighted by Gasteiger charge is 2.31. The van der Waals surface area contributed by atoms with E-state index in [0.29, 0.717) is 34.3 Å². The van der Waals surface area contributed by atoms with Gasteiger partial charge in [0.05, 0.1) is 10.2 Å². The molecule has 0 bridgehead atoms. The molecule has 0 N–H and O–H groups in total. The van der Waals surface area contributed by atoms with E-state index in [2.05, 4.69) is 38.5 Å². The molecule has 2 rings (SSSR count). The fourth-order valence-electron chi connectivity index (χ4n) is 1.73. The first-order valence-electron chi connectivity index (χ1n) is 5.13. The van der Waals surface area contributed by atoms with Crippen molar-refractivity contribution >= 4 is 52.0 Å². The van der Waals surface area contributed by atoms with Crippen LogP contribution in [0, 0.1) is 12.8 Å². The lowest BCUT2D eigenvalue weighted by Crippen LogP contribution is -2.27. The molecule has 1 aliphatic heterocycles. The first-order valence-corrected chi connectivity index (χ1v) is 6.94. The minimum atomic E-state index is 0.0295. The van der Waals surface area contributed by atoms with E-state index in [4.69, 9.17) is 11.6 Å². The maximum Gasteiger partial charge on any atom is 0.233 e. The summed E-state index contributed by atoms with van der Waals surface area (Å²) in [5.41, 5.74) is 0.724. The molecule has 1 unspecified atom stereocenters. The molecule has 92 valence electrons. The Morgan fingerprint density at radius 1 is 1.59 bits per heavy atom. The summed E-state index contributed by atoms with van der Waals surface area (Å²) in [4.78, 5) is 21.8. The summed E-state index contributed by atoms with van der Waals surface area (Å²) in [5.74, 6) is 1.36. The largest absolute Gasteiger partial charge is 0.280 e. The molecule has 1 aromatic rings. The highest BCUT2D eigenvalue weighted by molar-refractivity contribution is 9.10. The number of rotatable bonds is 2. The lowest BCUT2D eigenvalue weighted by Gasteiger charge is -2.15. The molecule has 1 atom stereocenters. The third-order valence-corrected chi connectivity index (χ3v) is 4.64. The molecule has 2 heterocycles. The summed E-state index contributed by atoms with van der Waals surface area (Å²) in [6.07, 6.45) is 0.500. The number of halogens is 2. The van der Waals surface area contributed by atoms with Crippen LogP contribution in [0.15, 0.2) is 4.47 Å². The average molecular weight is 337 g/mol. The van der Waals surface area contributed by atoms with Gasteiger partial charge in [-0.3, -0.25) is 9.69 Å². The van der Waals surface area contributed by atoms with Crippen LogP contribution in [-0.2, 0) is 4.79 Å². The third-order valence-electron chi connectivity index (χ3n) is 2.67. The van der Waals surface area contributed by atoms with E-state index >= 15 is 0 Å². The standard InChI is InChI=1S/C10H11BrClN3OS/c1-5-8(11)9(12)14-10(13-5)15-3-6(4-17)2-7(15)16/h6,17H,2-4H2,1H3. The zero-order valence-corrected chi connectivity index (χ0v) is 12.4. The second kappa shape index (κ2) is 5.12. The van der Waals surface area contributed by atoms with Crippen LogP contribution in [-0.4, -0.2) is 28.2 Å². The van der Waals surface area contributed by atoms with Crippen molar-refractivity contribution in [2.24, 2.45) is 5.92 Å². The number of carbonyl (C=O) groups excluding carboxylic acids is 1. The van der Waals surface area contributed by atoms with Gasteiger partial charge in [0.1, 0.15) is 5.15 Å². The van der Waals surface area contributed by atoms with Crippen molar-refractivity contribution in [2.75, 3.05) is 17.2 Å². The van der Waals surface area contributed by atoms with Crippen molar-refractivity contribution in [3.05, 3.63) is 15.3 Å². The number of hydrogen-bond acceptors (Lipinski definition) is 4. The van der Waals surface area contributed by atoms with Crippen LogP contribution in [0.25, 0.3) is 0 Å². The second-order valence-corrected chi connectivity index (χ2v) is 5.49. The number of hydrogen-bond donors (Lipinski definition) is 1. The highest BCUT2D eigenvalue weighted by Crippen LogP contribution is 2.28. The van der Waals surface area contributed by atoms with E-state index in [1.807, 2.05) is 6.92 Å². The molecular formula is C10H11BrClN3OS. The van der Waals surface area contributed by atoms with Gasteiger partial charge in [-0.25, -0.2) is 4.98 Å². The van der Waals surface area contributed by atoms with Crippen LogP contribution in [0.1, 0.15) is 12.1 Å². The lowest BCUT2D eigenvalue weighted by molar-refractivity contribution is -0.117. The van der Waals surface area contributed by atoms with E-state index in [-0.39, 0.29) is 11.8 Å². The van der Waals surface area contributed by atoms with Crippen LogP contribution in [0.5, 0.6) is 0 Å². The Morgan fingerprint density at radius 2 is 2.29 bits per heavy atom. The minimum Gasteiger partial charge on any atom is -0.280 e. The van der Waals surface area contributed by atoms with Gasteiger partial charge in [0, 0.05) is 13.0 Å². The number of anilines is 1. The molecule has 1 aromatic heterocycles. The Morgan fingerprint density at radius 3 is 2.82 bits per heavy atom. The quantitative estimate of drug-likeness (QED) is 0.667. The molecule has 0 saturated carbocycles. The van der Waals surface area contributed by atoms with Gasteiger partial charge in [0.25, 0.3) is 0 Å². The van der Waals surface area contributed by atoms with Crippen molar-refractivity contribution in [3.8, 4) is 0 Å². The molecule has 7 heteroatoms. The summed E-state index contributed by atoms with van der Waals surface area (Å²) in [7, 11) is 0. The molecule has 0 radical (unpaired) electrons. The first kappa shape index (κ1) is 13.1. The summed E-state index contributed by atoms with van der Waals surface area (Å²) in [5, 5.41) is 0.328. The molecule has 4 nitrogen and oxygen atoms in total. The number of nitrogens with zero attached hydrogens (tertiary/aromatic N) is 3. The fourth-order valence-corrected chi connectivity index (χ4v) is 2.36. The molecule has 1 fully saturated rings. The van der Waals surface area contributed by atoms with E-state index in [0.717, 1.165) is 5.69 Å². The number of aromatic nitrogens is 2. The monoisotopic (exact) mass is 335 g/mol. The Labute approximate surface area is 118 Å². The molecule has 17 heavy (non-hydrogen) atoms. The van der Waals surface area contributed by atoms with Gasteiger partial charge in [0.2, 0.25) is 11.9 Å². The van der Waals surface area contributed by atoms with Crippen LogP contribution >= 0.6 is 40.2 Å². The number of carbonyl (C=O) groups is 1. The summed E-state index contributed by atoms with van der Waals surface area (Å²) < 4.78 is 0.667. The summed E-state index contributed by atoms with van der Waals surface area (Å²) in [6.45, 7) is 2.43. The van der Waals surface area contributed by atoms with Crippen LogP contribution in [0.3, 0.4) is 0 Å². The second-order valence-electron chi connectivity index (χ2n) is 3.97. The molecular weight excluding hydrogens is 326 g/mol. The fraction of sp³-hybridized carbons (Fsp3) is 0.500. The third kappa shape index (κ3) is 2.58. The number of aryl methyl sites for hydroxylation is 1. The van der Waals surface area contributed by atoms with E-state index in [1.54, 1.807) is 4.90 Å². The topological polar surface area (TPSA) is 46.1 Å². The molecule has 0 aliphatic carbocycles. The average Bonchev–Trinajstić information content (AvgIpc) is 2.67. The van der Waals surface area contributed by atoms with Crippen LogP contribution in [0.2, 0.25) is 5.15 Å². The molecule has 0 aromatic carbocycles. The van der Waals surface area contributed by atoms with Gasteiger partial charge in [-0.05, 0) is 34.5 Å². The molecule has 1 amide bonds. The van der Waals surface area contributed by atoms with Crippen LogP contribution in [0.4, 0.5) is 5.95 Å². The lowest BCUT2D eigenvalue weighted by atomic mass is 10.1. The van der Waals surface area contributed by atoms with Gasteiger partial charge in [-0.15, -0.1) is 0 Å². The zero-order valence-electron chi connectivity index (χ0n) is 9.15. The van der Waals surface area contributed by atoms with E-state index in [9.17, 15) is 4.79 Å². The van der Waals surface area contributed by atoms with Gasteiger partial charge < -0.3 is 0 Å². The van der Waals surface area contributed by atoms with Crippen molar-refractivity contribution in [3.63, 3.8) is 0 Å². The van der Waals surface area contributed by atoms with Crippen molar-refractivity contribution in [2.45, 2.75) is 13.3 Å². The van der Waals surface area contributed by atoms with Gasteiger partial charge >= 0.3 is 0 Å². The number of amides is 1. The van der Waals surface area contributed by atoms with E-state index in [1.165, 1.54) is 0 Å². The Bertz CT molecular complexity index is 448. The van der Waals surface area contributed by atoms with Crippen molar-refractivity contribution in [1.82, 2.24) is 9.97 Å². The first-order chi connectivity index (χ1) is 8.02. The van der Waals surface area contributed by atoms with Gasteiger partial charge in [0.15, 0.2) is 0 Å². The van der Waals surface area contributed by atoms with E-state index < -0.39 is 0 Å². The maximum absolute atomic E-state index is 11.8. The molecule has 1 saturated heterocycles. The zero-order chi connectivity index (χ0) is 12.6. The maximum atomic E-state index is 11.8. The van der Waals surface area contributed by atoms with Crippen molar-refractivity contribution in [1.29, 1.82) is 0 Å². The van der Waals surface area contributed by atoms with Crippen molar-refractivity contribution < 1.29 is 4.79 Å². The van der Waals surface area contributed by atoms with Crippen LogP contribution < -0.4 is 4.90 Å². The predicted octanol–water partition coefficient (Wildman–Crippen LogP) is 2.48. The molecule has 1 aliphatic rings. The summed E-state index contributed by atoms with van der Waals surface area (Å²) in [6, 6.07) is 0. The molecule has 0 spiro atoms. The number of thiol groups is 1. The van der Waals surface area contributed by atoms with Gasteiger partial charge in [-0.2, -0.15) is 17.6 Å². The normalized spacial score (nSPS) is 20.1. The van der Waals surface area contributed by atoms with Gasteiger partial charge in [-0.1, -0.05) is 11.6 Å².